The minimum absolute atomic E-state index is 0.0238. The second-order valence-electron chi connectivity index (χ2n) is 9.27. The standard InChI is InChI=1S/C28H31BrFN3O4S/c1-20(2)31-28(35)26(16-21-8-5-4-6-9-21)32(18-22-12-14-23(29)15-13-22)27(34)19-33(38(3,36)37)25-11-7-10-24(30)17-25/h4-15,17,20,26H,16,18-19H2,1-3H3,(H,31,35)/t26-/m1/s1. The van der Waals surface area contributed by atoms with E-state index in [0.29, 0.717) is 0 Å². The van der Waals surface area contributed by atoms with Crippen molar-refractivity contribution >= 4 is 43.5 Å². The molecule has 0 aliphatic carbocycles. The minimum atomic E-state index is -3.95. The first-order chi connectivity index (χ1) is 17.9. The second kappa shape index (κ2) is 13.0. The molecule has 0 aliphatic heterocycles. The average molecular weight is 605 g/mol. The van der Waals surface area contributed by atoms with Gasteiger partial charge in [0, 0.05) is 23.5 Å². The van der Waals surface area contributed by atoms with Crippen molar-refractivity contribution < 1.29 is 22.4 Å². The number of halogens is 2. The summed E-state index contributed by atoms with van der Waals surface area (Å²) in [6.45, 7) is 3.12. The second-order valence-corrected chi connectivity index (χ2v) is 12.1. The maximum Gasteiger partial charge on any atom is 0.244 e. The summed E-state index contributed by atoms with van der Waals surface area (Å²) in [6, 6.07) is 20.5. The van der Waals surface area contributed by atoms with Gasteiger partial charge in [0.1, 0.15) is 18.4 Å². The zero-order valence-electron chi connectivity index (χ0n) is 21.5. The highest BCUT2D eigenvalue weighted by Gasteiger charge is 2.33. The topological polar surface area (TPSA) is 86.8 Å². The summed E-state index contributed by atoms with van der Waals surface area (Å²) in [6.07, 6.45) is 1.18. The first-order valence-electron chi connectivity index (χ1n) is 12.1. The van der Waals surface area contributed by atoms with E-state index in [4.69, 9.17) is 0 Å². The smallest absolute Gasteiger partial charge is 0.244 e. The zero-order chi connectivity index (χ0) is 27.9. The lowest BCUT2D eigenvalue weighted by molar-refractivity contribution is -0.140. The van der Waals surface area contributed by atoms with Gasteiger partial charge in [0.15, 0.2) is 0 Å². The largest absolute Gasteiger partial charge is 0.352 e. The van der Waals surface area contributed by atoms with E-state index < -0.39 is 34.3 Å². The van der Waals surface area contributed by atoms with Crippen LogP contribution in [0.15, 0.2) is 83.3 Å². The first kappa shape index (κ1) is 29.3. The first-order valence-corrected chi connectivity index (χ1v) is 14.7. The lowest BCUT2D eigenvalue weighted by atomic mass is 10.0. The van der Waals surface area contributed by atoms with Crippen molar-refractivity contribution in [3.8, 4) is 0 Å². The van der Waals surface area contributed by atoms with E-state index in [2.05, 4.69) is 21.2 Å². The summed E-state index contributed by atoms with van der Waals surface area (Å²) in [7, 11) is -3.95. The van der Waals surface area contributed by atoms with Crippen molar-refractivity contribution in [1.29, 1.82) is 0 Å². The number of hydrogen-bond acceptors (Lipinski definition) is 4. The summed E-state index contributed by atoms with van der Waals surface area (Å²) in [5.74, 6) is -1.58. The van der Waals surface area contributed by atoms with Crippen LogP contribution in [-0.2, 0) is 32.6 Å². The van der Waals surface area contributed by atoms with Crippen LogP contribution >= 0.6 is 15.9 Å². The van der Waals surface area contributed by atoms with Gasteiger partial charge in [0.2, 0.25) is 21.8 Å². The van der Waals surface area contributed by atoms with Crippen molar-refractivity contribution in [2.45, 2.75) is 38.9 Å². The fourth-order valence-corrected chi connectivity index (χ4v) is 5.07. The summed E-state index contributed by atoms with van der Waals surface area (Å²) >= 11 is 3.40. The van der Waals surface area contributed by atoms with Crippen molar-refractivity contribution in [1.82, 2.24) is 10.2 Å². The predicted octanol–water partition coefficient (Wildman–Crippen LogP) is 4.52. The number of nitrogens with one attached hydrogen (secondary N) is 1. The van der Waals surface area contributed by atoms with E-state index in [9.17, 15) is 22.4 Å². The average Bonchev–Trinajstić information content (AvgIpc) is 2.85. The van der Waals surface area contributed by atoms with Crippen LogP contribution in [-0.4, -0.2) is 50.0 Å². The van der Waals surface area contributed by atoms with Gasteiger partial charge < -0.3 is 10.2 Å². The molecule has 202 valence electrons. The molecular formula is C28H31BrFN3O4S. The third-order valence-electron chi connectivity index (χ3n) is 5.74. The fraction of sp³-hybridized carbons (Fsp3) is 0.286. The van der Waals surface area contributed by atoms with Crippen LogP contribution in [0.25, 0.3) is 0 Å². The molecular weight excluding hydrogens is 573 g/mol. The molecule has 0 spiro atoms. The SMILES string of the molecule is CC(C)NC(=O)[C@@H](Cc1ccccc1)N(Cc1ccc(Br)cc1)C(=O)CN(c1cccc(F)c1)S(C)(=O)=O. The molecule has 38 heavy (non-hydrogen) atoms. The Morgan fingerprint density at radius 3 is 2.18 bits per heavy atom. The van der Waals surface area contributed by atoms with Crippen LogP contribution in [0.3, 0.4) is 0 Å². The lowest BCUT2D eigenvalue weighted by Crippen LogP contribution is -2.54. The van der Waals surface area contributed by atoms with E-state index in [1.807, 2.05) is 68.4 Å². The Morgan fingerprint density at radius 2 is 1.61 bits per heavy atom. The van der Waals surface area contributed by atoms with Gasteiger partial charge in [-0.2, -0.15) is 0 Å². The van der Waals surface area contributed by atoms with Crippen LogP contribution in [0, 0.1) is 5.82 Å². The Labute approximate surface area is 231 Å². The van der Waals surface area contributed by atoms with E-state index >= 15 is 0 Å². The molecule has 1 atom stereocenters. The predicted molar refractivity (Wildman–Crippen MR) is 150 cm³/mol. The molecule has 10 heteroatoms. The van der Waals surface area contributed by atoms with Crippen molar-refractivity contribution in [2.24, 2.45) is 0 Å². The summed E-state index contributed by atoms with van der Waals surface area (Å²) in [4.78, 5) is 28.7. The maximum atomic E-state index is 14.0. The Balaban J connectivity index is 2.05. The molecule has 7 nitrogen and oxygen atoms in total. The Morgan fingerprint density at radius 1 is 0.947 bits per heavy atom. The molecule has 3 aromatic rings. The molecule has 0 saturated heterocycles. The van der Waals surface area contributed by atoms with Gasteiger partial charge >= 0.3 is 0 Å². The van der Waals surface area contributed by atoms with E-state index in [0.717, 1.165) is 32.2 Å². The number of rotatable bonds is 11. The monoisotopic (exact) mass is 603 g/mol. The molecule has 3 aromatic carbocycles. The molecule has 0 aromatic heterocycles. The summed E-state index contributed by atoms with van der Waals surface area (Å²) in [5, 5.41) is 2.89. The van der Waals surface area contributed by atoms with Crippen LogP contribution in [0.5, 0.6) is 0 Å². The number of nitrogens with zero attached hydrogens (tertiary/aromatic N) is 2. The highest BCUT2D eigenvalue weighted by atomic mass is 79.9. The number of sulfonamides is 1. The highest BCUT2D eigenvalue weighted by Crippen LogP contribution is 2.21. The lowest BCUT2D eigenvalue weighted by Gasteiger charge is -2.34. The van der Waals surface area contributed by atoms with E-state index in [1.54, 1.807) is 0 Å². The van der Waals surface area contributed by atoms with Gasteiger partial charge in [-0.25, -0.2) is 12.8 Å². The highest BCUT2D eigenvalue weighted by molar-refractivity contribution is 9.10. The normalized spacial score (nSPS) is 12.2. The number of benzene rings is 3. The molecule has 3 rings (SSSR count). The van der Waals surface area contributed by atoms with E-state index in [-0.39, 0.29) is 30.6 Å². The number of amides is 2. The quantitative estimate of drug-likeness (QED) is 0.349. The van der Waals surface area contributed by atoms with E-state index in [1.165, 1.54) is 23.1 Å². The van der Waals surface area contributed by atoms with Crippen LogP contribution in [0.1, 0.15) is 25.0 Å². The molecule has 0 aliphatic rings. The van der Waals surface area contributed by atoms with Gasteiger partial charge in [-0.1, -0.05) is 64.5 Å². The Hall–Kier alpha value is -3.24. The van der Waals surface area contributed by atoms with Gasteiger partial charge in [-0.05, 0) is 55.3 Å². The number of carbonyl (C=O) groups is 2. The number of hydrogen-bond donors (Lipinski definition) is 1. The van der Waals surface area contributed by atoms with Crippen molar-refractivity contribution in [2.75, 3.05) is 17.1 Å². The molecule has 0 bridgehead atoms. The molecule has 0 unspecified atom stereocenters. The molecule has 1 N–H and O–H groups in total. The Kier molecular flexibility index (Phi) is 10.0. The molecule has 0 radical (unpaired) electrons. The number of carbonyl (C=O) groups excluding carboxylic acids is 2. The fourth-order valence-electron chi connectivity index (χ4n) is 3.97. The number of anilines is 1. The van der Waals surface area contributed by atoms with Crippen molar-refractivity contribution in [3.63, 3.8) is 0 Å². The minimum Gasteiger partial charge on any atom is -0.352 e. The van der Waals surface area contributed by atoms with Gasteiger partial charge in [-0.3, -0.25) is 13.9 Å². The van der Waals surface area contributed by atoms with Crippen LogP contribution < -0.4 is 9.62 Å². The Bertz CT molecular complexity index is 1350. The maximum absolute atomic E-state index is 14.0. The van der Waals surface area contributed by atoms with Gasteiger partial charge in [-0.15, -0.1) is 0 Å². The van der Waals surface area contributed by atoms with Gasteiger partial charge in [0.05, 0.1) is 11.9 Å². The summed E-state index contributed by atoms with van der Waals surface area (Å²) < 4.78 is 41.0. The zero-order valence-corrected chi connectivity index (χ0v) is 23.9. The molecule has 0 saturated carbocycles. The van der Waals surface area contributed by atoms with Crippen molar-refractivity contribution in [3.05, 3.63) is 100 Å². The molecule has 0 heterocycles. The third kappa shape index (κ3) is 8.39. The summed E-state index contributed by atoms with van der Waals surface area (Å²) in [5.41, 5.74) is 1.62. The third-order valence-corrected chi connectivity index (χ3v) is 7.41. The van der Waals surface area contributed by atoms with Crippen LogP contribution in [0.2, 0.25) is 0 Å². The molecule has 2 amide bonds. The van der Waals surface area contributed by atoms with Crippen LogP contribution in [0.4, 0.5) is 10.1 Å². The molecule has 0 fully saturated rings. The van der Waals surface area contributed by atoms with Gasteiger partial charge in [0.25, 0.3) is 0 Å².